The molecule has 0 aliphatic heterocycles. The van der Waals surface area contributed by atoms with E-state index in [0.29, 0.717) is 5.56 Å². The lowest BCUT2D eigenvalue weighted by Gasteiger charge is -1.97. The van der Waals surface area contributed by atoms with Gasteiger partial charge in [0.1, 0.15) is 0 Å². The molecule has 2 rings (SSSR count). The van der Waals surface area contributed by atoms with Crippen LogP contribution >= 0.6 is 0 Å². The molecule has 0 unspecified atom stereocenters. The standard InChI is InChI=1S/C10H9N5O/c16-10(8-1-3-11-4-2-8)15-14-6-9-5-12-7-13-9/h1-7H,(H,12,13)(H,15,16). The molecular weight excluding hydrogens is 206 g/mol. The fourth-order valence-corrected chi connectivity index (χ4v) is 1.07. The van der Waals surface area contributed by atoms with Gasteiger partial charge in [-0.05, 0) is 12.1 Å². The van der Waals surface area contributed by atoms with E-state index in [1.54, 1.807) is 30.7 Å². The average molecular weight is 215 g/mol. The number of hydrogen-bond donors (Lipinski definition) is 2. The summed E-state index contributed by atoms with van der Waals surface area (Å²) in [5.74, 6) is -0.279. The van der Waals surface area contributed by atoms with Gasteiger partial charge in [0.15, 0.2) is 0 Å². The number of carbonyl (C=O) groups is 1. The molecule has 0 saturated carbocycles. The molecule has 0 radical (unpaired) electrons. The van der Waals surface area contributed by atoms with Crippen LogP contribution in [0.15, 0.2) is 42.2 Å². The average Bonchev–Trinajstić information content (AvgIpc) is 2.83. The van der Waals surface area contributed by atoms with Crippen molar-refractivity contribution in [3.8, 4) is 0 Å². The molecule has 0 aliphatic carbocycles. The van der Waals surface area contributed by atoms with E-state index in [1.807, 2.05) is 0 Å². The smallest absolute Gasteiger partial charge is 0.271 e. The Hall–Kier alpha value is -2.50. The SMILES string of the molecule is O=C(NN=Cc1cnc[nH]1)c1ccncc1. The van der Waals surface area contributed by atoms with Gasteiger partial charge in [0.05, 0.1) is 24.4 Å². The molecule has 80 valence electrons. The summed E-state index contributed by atoms with van der Waals surface area (Å²) in [7, 11) is 0. The second-order valence-electron chi connectivity index (χ2n) is 2.94. The Balaban J connectivity index is 1.94. The minimum Gasteiger partial charge on any atom is -0.344 e. The Morgan fingerprint density at radius 1 is 1.38 bits per heavy atom. The van der Waals surface area contributed by atoms with E-state index in [-0.39, 0.29) is 5.91 Å². The number of carbonyl (C=O) groups excluding carboxylic acids is 1. The molecule has 0 aliphatic rings. The molecule has 2 heterocycles. The van der Waals surface area contributed by atoms with E-state index in [1.165, 1.54) is 12.5 Å². The zero-order valence-electron chi connectivity index (χ0n) is 8.29. The lowest BCUT2D eigenvalue weighted by Crippen LogP contribution is -2.17. The minimum absolute atomic E-state index is 0.279. The second-order valence-corrected chi connectivity index (χ2v) is 2.94. The molecule has 0 bridgehead atoms. The maximum absolute atomic E-state index is 11.5. The van der Waals surface area contributed by atoms with Crippen LogP contribution in [0.2, 0.25) is 0 Å². The molecule has 6 nitrogen and oxygen atoms in total. The van der Waals surface area contributed by atoms with Crippen LogP contribution in [-0.4, -0.2) is 27.1 Å². The maximum Gasteiger partial charge on any atom is 0.271 e. The van der Waals surface area contributed by atoms with Crippen LogP contribution in [0.1, 0.15) is 16.1 Å². The van der Waals surface area contributed by atoms with Gasteiger partial charge in [0, 0.05) is 18.0 Å². The molecule has 2 N–H and O–H groups in total. The minimum atomic E-state index is -0.279. The third-order valence-electron chi connectivity index (χ3n) is 1.83. The van der Waals surface area contributed by atoms with Crippen LogP contribution in [0.3, 0.4) is 0 Å². The Morgan fingerprint density at radius 3 is 2.88 bits per heavy atom. The summed E-state index contributed by atoms with van der Waals surface area (Å²) in [6.45, 7) is 0. The van der Waals surface area contributed by atoms with Crippen LogP contribution in [-0.2, 0) is 0 Å². The number of hydrazone groups is 1. The van der Waals surface area contributed by atoms with Gasteiger partial charge < -0.3 is 4.98 Å². The van der Waals surface area contributed by atoms with Gasteiger partial charge in [-0.15, -0.1) is 0 Å². The summed E-state index contributed by atoms with van der Waals surface area (Å²) in [4.78, 5) is 22.0. The van der Waals surface area contributed by atoms with E-state index in [4.69, 9.17) is 0 Å². The van der Waals surface area contributed by atoms with E-state index in [2.05, 4.69) is 25.5 Å². The van der Waals surface area contributed by atoms with Crippen molar-refractivity contribution >= 4 is 12.1 Å². The number of aromatic amines is 1. The topological polar surface area (TPSA) is 83.0 Å². The second kappa shape index (κ2) is 4.83. The Bertz CT molecular complexity index is 477. The number of amides is 1. The first kappa shape index (κ1) is 10.0. The van der Waals surface area contributed by atoms with Crippen molar-refractivity contribution in [3.63, 3.8) is 0 Å². The Labute approximate surface area is 91.4 Å². The quantitative estimate of drug-likeness (QED) is 0.580. The molecule has 16 heavy (non-hydrogen) atoms. The van der Waals surface area contributed by atoms with E-state index >= 15 is 0 Å². The number of H-pyrrole nitrogens is 1. The van der Waals surface area contributed by atoms with Gasteiger partial charge in [-0.25, -0.2) is 10.4 Å². The third kappa shape index (κ3) is 2.50. The van der Waals surface area contributed by atoms with Crippen molar-refractivity contribution < 1.29 is 4.79 Å². The first-order valence-electron chi connectivity index (χ1n) is 4.58. The maximum atomic E-state index is 11.5. The molecular formula is C10H9N5O. The lowest BCUT2D eigenvalue weighted by molar-refractivity contribution is 0.0955. The van der Waals surface area contributed by atoms with E-state index in [9.17, 15) is 4.79 Å². The van der Waals surface area contributed by atoms with E-state index in [0.717, 1.165) is 5.69 Å². The number of hydrogen-bond acceptors (Lipinski definition) is 4. The highest BCUT2D eigenvalue weighted by molar-refractivity contribution is 5.94. The predicted molar refractivity (Wildman–Crippen MR) is 57.9 cm³/mol. The fraction of sp³-hybridized carbons (Fsp3) is 0. The molecule has 2 aromatic rings. The molecule has 0 fully saturated rings. The summed E-state index contributed by atoms with van der Waals surface area (Å²) in [5.41, 5.74) is 3.62. The van der Waals surface area contributed by atoms with Gasteiger partial charge in [-0.1, -0.05) is 0 Å². The molecule has 6 heteroatoms. The lowest BCUT2D eigenvalue weighted by atomic mass is 10.3. The Kier molecular flexibility index (Phi) is 3.03. The summed E-state index contributed by atoms with van der Waals surface area (Å²) in [6, 6.07) is 3.22. The van der Waals surface area contributed by atoms with Crippen molar-refractivity contribution in [3.05, 3.63) is 48.3 Å². The largest absolute Gasteiger partial charge is 0.344 e. The molecule has 2 aromatic heterocycles. The van der Waals surface area contributed by atoms with Crippen LogP contribution in [0, 0.1) is 0 Å². The van der Waals surface area contributed by atoms with Gasteiger partial charge in [0.25, 0.3) is 5.91 Å². The number of pyridine rings is 1. The van der Waals surface area contributed by atoms with Crippen molar-refractivity contribution in [2.45, 2.75) is 0 Å². The summed E-state index contributed by atoms with van der Waals surface area (Å²) in [5, 5.41) is 3.77. The molecule has 0 atom stereocenters. The third-order valence-corrected chi connectivity index (χ3v) is 1.83. The number of nitrogens with zero attached hydrogens (tertiary/aromatic N) is 3. The number of rotatable bonds is 3. The summed E-state index contributed by atoms with van der Waals surface area (Å²) >= 11 is 0. The van der Waals surface area contributed by atoms with Crippen LogP contribution in [0.4, 0.5) is 0 Å². The fourth-order valence-electron chi connectivity index (χ4n) is 1.07. The zero-order valence-corrected chi connectivity index (χ0v) is 8.29. The number of nitrogens with one attached hydrogen (secondary N) is 2. The van der Waals surface area contributed by atoms with E-state index < -0.39 is 0 Å². The molecule has 0 saturated heterocycles. The van der Waals surface area contributed by atoms with Crippen LogP contribution in [0.25, 0.3) is 0 Å². The van der Waals surface area contributed by atoms with Crippen molar-refractivity contribution in [2.75, 3.05) is 0 Å². The number of imidazole rings is 1. The van der Waals surface area contributed by atoms with Gasteiger partial charge >= 0.3 is 0 Å². The Morgan fingerprint density at radius 2 is 2.19 bits per heavy atom. The first-order chi connectivity index (χ1) is 7.86. The highest BCUT2D eigenvalue weighted by atomic mass is 16.2. The molecule has 1 amide bonds. The van der Waals surface area contributed by atoms with Gasteiger partial charge in [-0.2, -0.15) is 5.10 Å². The van der Waals surface area contributed by atoms with Crippen LogP contribution in [0.5, 0.6) is 0 Å². The summed E-state index contributed by atoms with van der Waals surface area (Å²) < 4.78 is 0. The monoisotopic (exact) mass is 215 g/mol. The van der Waals surface area contributed by atoms with Crippen LogP contribution < -0.4 is 5.43 Å². The molecule has 0 aromatic carbocycles. The number of aromatic nitrogens is 3. The van der Waals surface area contributed by atoms with Crippen molar-refractivity contribution in [1.29, 1.82) is 0 Å². The predicted octanol–water partition coefficient (Wildman–Crippen LogP) is 0.569. The van der Waals surface area contributed by atoms with Crippen molar-refractivity contribution in [1.82, 2.24) is 20.4 Å². The first-order valence-corrected chi connectivity index (χ1v) is 4.58. The highest BCUT2D eigenvalue weighted by Crippen LogP contribution is 1.95. The molecule has 0 spiro atoms. The zero-order chi connectivity index (χ0) is 11.2. The summed E-state index contributed by atoms with van der Waals surface area (Å²) in [6.07, 6.45) is 7.71. The van der Waals surface area contributed by atoms with Gasteiger partial charge in [-0.3, -0.25) is 9.78 Å². The normalized spacial score (nSPS) is 10.5. The van der Waals surface area contributed by atoms with Crippen molar-refractivity contribution in [2.24, 2.45) is 5.10 Å². The highest BCUT2D eigenvalue weighted by Gasteiger charge is 2.01. The van der Waals surface area contributed by atoms with Gasteiger partial charge in [0.2, 0.25) is 0 Å².